The van der Waals surface area contributed by atoms with Crippen LogP contribution < -0.4 is 11.1 Å². The number of nitrogen functional groups attached to an aromatic ring is 1. The number of pyridine rings is 1. The zero-order valence-corrected chi connectivity index (χ0v) is 9.81. The molecule has 0 amide bonds. The molecule has 1 fully saturated rings. The average Bonchev–Trinajstić information content (AvgIpc) is 2.18. The van der Waals surface area contributed by atoms with Gasteiger partial charge in [0, 0.05) is 6.04 Å². The lowest BCUT2D eigenvalue weighted by molar-refractivity contribution is 0.0690. The number of carbonyl (C=O) groups is 1. The van der Waals surface area contributed by atoms with Crippen LogP contribution in [0.5, 0.6) is 0 Å². The second kappa shape index (κ2) is 4.61. The fraction of sp³-hybridized carbons (Fsp3) is 0.500. The molecular formula is C12H17N3O2. The van der Waals surface area contributed by atoms with Crippen LogP contribution in [0.2, 0.25) is 0 Å². The Balaban J connectivity index is 2.13. The number of aromatic nitrogens is 1. The van der Waals surface area contributed by atoms with Crippen LogP contribution in [0.3, 0.4) is 0 Å². The van der Waals surface area contributed by atoms with Crippen LogP contribution in [-0.2, 0) is 0 Å². The Morgan fingerprint density at radius 2 is 2.29 bits per heavy atom. The fourth-order valence-electron chi connectivity index (χ4n) is 1.98. The third kappa shape index (κ3) is 2.49. The molecule has 0 spiro atoms. The van der Waals surface area contributed by atoms with Crippen molar-refractivity contribution in [3.63, 3.8) is 0 Å². The summed E-state index contributed by atoms with van der Waals surface area (Å²) in [5.74, 6) is 0.0818. The van der Waals surface area contributed by atoms with Crippen molar-refractivity contribution in [2.75, 3.05) is 11.1 Å². The van der Waals surface area contributed by atoms with Gasteiger partial charge >= 0.3 is 5.97 Å². The molecule has 1 atom stereocenters. The highest BCUT2D eigenvalue weighted by molar-refractivity contribution is 5.86. The van der Waals surface area contributed by atoms with Gasteiger partial charge in [0.2, 0.25) is 0 Å². The highest BCUT2D eigenvalue weighted by Crippen LogP contribution is 2.31. The number of hydrogen-bond donors (Lipinski definition) is 3. The molecule has 1 heterocycles. The Bertz CT molecular complexity index is 430. The zero-order chi connectivity index (χ0) is 12.4. The lowest BCUT2D eigenvalue weighted by atomic mass is 9.80. The molecule has 1 saturated carbocycles. The van der Waals surface area contributed by atoms with Crippen molar-refractivity contribution in [3.8, 4) is 0 Å². The molecule has 0 aliphatic heterocycles. The van der Waals surface area contributed by atoms with Crippen LogP contribution in [0.1, 0.15) is 36.7 Å². The molecule has 0 bridgehead atoms. The molecule has 2 rings (SSSR count). The maximum atomic E-state index is 10.8. The second-order valence-electron chi connectivity index (χ2n) is 4.56. The Morgan fingerprint density at radius 3 is 2.82 bits per heavy atom. The summed E-state index contributed by atoms with van der Waals surface area (Å²) in [7, 11) is 0. The van der Waals surface area contributed by atoms with E-state index in [0.29, 0.717) is 17.4 Å². The first-order chi connectivity index (χ1) is 8.08. The minimum absolute atomic E-state index is 0.0162. The van der Waals surface area contributed by atoms with Gasteiger partial charge in [-0.15, -0.1) is 0 Å². The van der Waals surface area contributed by atoms with E-state index in [0.717, 1.165) is 0 Å². The third-order valence-electron chi connectivity index (χ3n) is 3.37. The summed E-state index contributed by atoms with van der Waals surface area (Å²) >= 11 is 0. The van der Waals surface area contributed by atoms with Gasteiger partial charge in [-0.2, -0.15) is 0 Å². The minimum Gasteiger partial charge on any atom is -0.477 e. The minimum atomic E-state index is -1.04. The number of hydrogen-bond acceptors (Lipinski definition) is 4. The van der Waals surface area contributed by atoms with Crippen molar-refractivity contribution in [2.45, 2.75) is 32.2 Å². The predicted molar refractivity (Wildman–Crippen MR) is 66.0 cm³/mol. The number of nitrogens with one attached hydrogen (secondary N) is 1. The number of nitrogens with two attached hydrogens (primary N) is 1. The summed E-state index contributed by atoms with van der Waals surface area (Å²) in [5.41, 5.74) is 6.28. The predicted octanol–water partition coefficient (Wildman–Crippen LogP) is 1.96. The van der Waals surface area contributed by atoms with Crippen LogP contribution in [0.4, 0.5) is 11.5 Å². The summed E-state index contributed by atoms with van der Waals surface area (Å²) in [6, 6.07) is 3.27. The highest BCUT2D eigenvalue weighted by atomic mass is 16.4. The van der Waals surface area contributed by atoms with E-state index in [1.807, 2.05) is 0 Å². The molecular weight excluding hydrogens is 218 g/mol. The number of nitrogens with zero attached hydrogens (tertiary/aromatic N) is 1. The number of anilines is 2. The largest absolute Gasteiger partial charge is 0.477 e. The van der Waals surface area contributed by atoms with E-state index in [1.165, 1.54) is 25.3 Å². The maximum Gasteiger partial charge on any atom is 0.354 e. The van der Waals surface area contributed by atoms with Gasteiger partial charge < -0.3 is 16.2 Å². The lowest BCUT2D eigenvalue weighted by Gasteiger charge is -2.32. The van der Waals surface area contributed by atoms with Crippen LogP contribution in [0.25, 0.3) is 0 Å². The summed E-state index contributed by atoms with van der Waals surface area (Å²) in [6.07, 6.45) is 3.70. The molecule has 1 aliphatic rings. The molecule has 1 aromatic heterocycles. The molecule has 0 aromatic carbocycles. The molecule has 1 unspecified atom stereocenters. The summed E-state index contributed by atoms with van der Waals surface area (Å²) in [4.78, 5) is 14.8. The van der Waals surface area contributed by atoms with Crippen molar-refractivity contribution < 1.29 is 9.90 Å². The van der Waals surface area contributed by atoms with Gasteiger partial charge in [0.25, 0.3) is 0 Å². The Morgan fingerprint density at radius 1 is 1.59 bits per heavy atom. The zero-order valence-electron chi connectivity index (χ0n) is 9.81. The van der Waals surface area contributed by atoms with Crippen molar-refractivity contribution in [1.82, 2.24) is 4.98 Å². The van der Waals surface area contributed by atoms with Crippen LogP contribution in [0.15, 0.2) is 12.1 Å². The molecule has 1 aromatic rings. The van der Waals surface area contributed by atoms with E-state index >= 15 is 0 Å². The van der Waals surface area contributed by atoms with Crippen LogP contribution in [0, 0.1) is 5.92 Å². The first kappa shape index (κ1) is 11.7. The molecule has 5 heteroatoms. The Labute approximate surface area is 100 Å². The molecule has 92 valence electrons. The smallest absolute Gasteiger partial charge is 0.354 e. The summed E-state index contributed by atoms with van der Waals surface area (Å²) in [6.45, 7) is 2.08. The van der Waals surface area contributed by atoms with Gasteiger partial charge in [-0.3, -0.25) is 0 Å². The second-order valence-corrected chi connectivity index (χ2v) is 4.56. The Kier molecular flexibility index (Phi) is 3.17. The van der Waals surface area contributed by atoms with Gasteiger partial charge in [-0.25, -0.2) is 9.78 Å². The first-order valence-electron chi connectivity index (χ1n) is 5.84. The molecule has 0 saturated heterocycles. The number of aromatic carboxylic acids is 1. The van der Waals surface area contributed by atoms with Crippen LogP contribution in [-0.4, -0.2) is 22.1 Å². The molecule has 4 N–H and O–H groups in total. The average molecular weight is 235 g/mol. The van der Waals surface area contributed by atoms with Crippen LogP contribution >= 0.6 is 0 Å². The van der Waals surface area contributed by atoms with E-state index in [1.54, 1.807) is 6.07 Å². The van der Waals surface area contributed by atoms with Gasteiger partial charge in [0.15, 0.2) is 5.69 Å². The summed E-state index contributed by atoms with van der Waals surface area (Å²) in [5, 5.41) is 12.1. The molecule has 5 nitrogen and oxygen atoms in total. The van der Waals surface area contributed by atoms with E-state index in [-0.39, 0.29) is 11.7 Å². The van der Waals surface area contributed by atoms with E-state index in [4.69, 9.17) is 10.8 Å². The van der Waals surface area contributed by atoms with E-state index in [2.05, 4.69) is 17.2 Å². The number of rotatable bonds is 4. The van der Waals surface area contributed by atoms with E-state index < -0.39 is 5.97 Å². The van der Waals surface area contributed by atoms with Crippen molar-refractivity contribution >= 4 is 17.5 Å². The molecule has 1 aliphatic carbocycles. The van der Waals surface area contributed by atoms with Gasteiger partial charge in [-0.1, -0.05) is 6.42 Å². The van der Waals surface area contributed by atoms with E-state index in [9.17, 15) is 4.79 Å². The summed E-state index contributed by atoms with van der Waals surface area (Å²) < 4.78 is 0. The number of carboxylic acid groups (broad SMARTS) is 1. The topological polar surface area (TPSA) is 88.2 Å². The first-order valence-corrected chi connectivity index (χ1v) is 5.84. The standard InChI is InChI=1S/C12H17N3O2/c1-7(8-3-2-4-8)14-11-9(13)5-6-10(15-11)12(16)17/h5-8H,2-4,13H2,1H3,(H,14,15)(H,16,17). The van der Waals surface area contributed by atoms with Crippen molar-refractivity contribution in [2.24, 2.45) is 5.92 Å². The molecule has 0 radical (unpaired) electrons. The quantitative estimate of drug-likeness (QED) is 0.742. The normalized spacial score (nSPS) is 17.2. The van der Waals surface area contributed by atoms with Gasteiger partial charge in [-0.05, 0) is 37.8 Å². The monoisotopic (exact) mass is 235 g/mol. The van der Waals surface area contributed by atoms with Crippen molar-refractivity contribution in [3.05, 3.63) is 17.8 Å². The molecule has 17 heavy (non-hydrogen) atoms. The third-order valence-corrected chi connectivity index (χ3v) is 3.37. The number of carboxylic acids is 1. The van der Waals surface area contributed by atoms with Gasteiger partial charge in [0.05, 0.1) is 5.69 Å². The van der Waals surface area contributed by atoms with Crippen molar-refractivity contribution in [1.29, 1.82) is 0 Å². The Hall–Kier alpha value is -1.78. The SMILES string of the molecule is CC(Nc1nc(C(=O)O)ccc1N)C1CCC1. The lowest BCUT2D eigenvalue weighted by Crippen LogP contribution is -2.31. The highest BCUT2D eigenvalue weighted by Gasteiger charge is 2.24. The fourth-order valence-corrected chi connectivity index (χ4v) is 1.98. The van der Waals surface area contributed by atoms with Gasteiger partial charge in [0.1, 0.15) is 5.82 Å². The maximum absolute atomic E-state index is 10.8.